The number of hydrogen-bond acceptors (Lipinski definition) is 3. The predicted octanol–water partition coefficient (Wildman–Crippen LogP) is 7.09. The van der Waals surface area contributed by atoms with Gasteiger partial charge in [-0.1, -0.05) is 53.9 Å². The molecular weight excluding hydrogens is 394 g/mol. The van der Waals surface area contributed by atoms with E-state index in [0.717, 1.165) is 37.6 Å². The molecule has 1 saturated carbocycles. The van der Waals surface area contributed by atoms with E-state index in [1.165, 1.54) is 76.6 Å². The standard InChI is InChI=1S/C26H45N3O.C2H6/c1-4-26(30)24-11-9-22(10-12-24)8-6-5-7-15-28-16-13-23(14-17-28)19-29-20-25(18-27-29)21(2)3;1-2/h18,20-24H,4-17,19H2,1-3H3;1-2H3. The van der Waals surface area contributed by atoms with Crippen LogP contribution >= 0.6 is 0 Å². The zero-order chi connectivity index (χ0) is 23.3. The number of unbranched alkanes of at least 4 members (excludes halogenated alkanes) is 2. The third-order valence-corrected chi connectivity index (χ3v) is 7.71. The Balaban J connectivity index is 0.00000176. The first-order chi connectivity index (χ1) is 15.5. The highest BCUT2D eigenvalue weighted by atomic mass is 16.1. The molecule has 2 fully saturated rings. The molecule has 184 valence electrons. The van der Waals surface area contributed by atoms with E-state index in [1.807, 2.05) is 27.0 Å². The van der Waals surface area contributed by atoms with E-state index in [1.54, 1.807) is 0 Å². The zero-order valence-electron chi connectivity index (χ0n) is 21.8. The van der Waals surface area contributed by atoms with E-state index < -0.39 is 0 Å². The minimum atomic E-state index is 0.389. The third-order valence-electron chi connectivity index (χ3n) is 7.71. The van der Waals surface area contributed by atoms with Crippen LogP contribution in [0.5, 0.6) is 0 Å². The lowest BCUT2D eigenvalue weighted by Gasteiger charge is -2.32. The van der Waals surface area contributed by atoms with E-state index in [2.05, 4.69) is 34.7 Å². The van der Waals surface area contributed by atoms with Crippen molar-refractivity contribution in [3.63, 3.8) is 0 Å². The molecule has 32 heavy (non-hydrogen) atoms. The number of aromatic nitrogens is 2. The number of Topliss-reactive ketones (excluding diaryl/α,β-unsaturated/α-hetero) is 1. The molecule has 0 bridgehead atoms. The van der Waals surface area contributed by atoms with Gasteiger partial charge in [-0.05, 0) is 87.9 Å². The Morgan fingerprint density at radius 2 is 1.69 bits per heavy atom. The molecule has 2 aliphatic rings. The lowest BCUT2D eigenvalue weighted by atomic mass is 9.78. The van der Waals surface area contributed by atoms with Crippen molar-refractivity contribution in [1.82, 2.24) is 14.7 Å². The quantitative estimate of drug-likeness (QED) is 0.341. The zero-order valence-corrected chi connectivity index (χ0v) is 21.8. The minimum absolute atomic E-state index is 0.389. The summed E-state index contributed by atoms with van der Waals surface area (Å²) in [5.74, 6) is 3.14. The number of ketones is 1. The van der Waals surface area contributed by atoms with E-state index in [9.17, 15) is 4.79 Å². The van der Waals surface area contributed by atoms with Crippen LogP contribution in [0, 0.1) is 17.8 Å². The van der Waals surface area contributed by atoms with Crippen LogP contribution in [-0.2, 0) is 11.3 Å². The van der Waals surface area contributed by atoms with Crippen molar-refractivity contribution in [3.05, 3.63) is 18.0 Å². The highest BCUT2D eigenvalue weighted by molar-refractivity contribution is 5.80. The highest BCUT2D eigenvalue weighted by Gasteiger charge is 2.25. The van der Waals surface area contributed by atoms with Gasteiger partial charge in [-0.15, -0.1) is 0 Å². The number of hydrogen-bond donors (Lipinski definition) is 0. The minimum Gasteiger partial charge on any atom is -0.303 e. The second kappa shape index (κ2) is 14.9. The number of nitrogens with zero attached hydrogens (tertiary/aromatic N) is 3. The fraction of sp³-hybridized carbons (Fsp3) is 0.857. The molecule has 1 saturated heterocycles. The van der Waals surface area contributed by atoms with Crippen molar-refractivity contribution < 1.29 is 4.79 Å². The number of carbonyl (C=O) groups is 1. The molecule has 0 spiro atoms. The molecule has 1 aromatic heterocycles. The van der Waals surface area contributed by atoms with Crippen molar-refractivity contribution in [3.8, 4) is 0 Å². The summed E-state index contributed by atoms with van der Waals surface area (Å²) in [6.45, 7) is 15.4. The smallest absolute Gasteiger partial charge is 0.135 e. The molecule has 1 aliphatic carbocycles. The highest BCUT2D eigenvalue weighted by Crippen LogP contribution is 2.33. The Hall–Kier alpha value is -1.16. The lowest BCUT2D eigenvalue weighted by Crippen LogP contribution is -2.35. The molecule has 0 radical (unpaired) electrons. The molecule has 0 amide bonds. The van der Waals surface area contributed by atoms with Crippen LogP contribution in [0.2, 0.25) is 0 Å². The normalized spacial score (nSPS) is 22.6. The van der Waals surface area contributed by atoms with Crippen molar-refractivity contribution in [1.29, 1.82) is 0 Å². The van der Waals surface area contributed by atoms with Gasteiger partial charge in [0, 0.05) is 25.1 Å². The van der Waals surface area contributed by atoms with Gasteiger partial charge in [-0.2, -0.15) is 5.10 Å². The molecule has 0 atom stereocenters. The Kier molecular flexibility index (Phi) is 12.6. The van der Waals surface area contributed by atoms with Gasteiger partial charge in [0.2, 0.25) is 0 Å². The summed E-state index contributed by atoms with van der Waals surface area (Å²) in [5, 5.41) is 4.56. The molecule has 4 nitrogen and oxygen atoms in total. The summed E-state index contributed by atoms with van der Waals surface area (Å²) in [6.07, 6.45) is 18.0. The summed E-state index contributed by atoms with van der Waals surface area (Å²) in [6, 6.07) is 0. The van der Waals surface area contributed by atoms with Crippen molar-refractivity contribution >= 4 is 5.78 Å². The fourth-order valence-electron chi connectivity index (χ4n) is 5.44. The van der Waals surface area contributed by atoms with Crippen LogP contribution in [0.3, 0.4) is 0 Å². The van der Waals surface area contributed by atoms with Crippen LogP contribution < -0.4 is 0 Å². The summed E-state index contributed by atoms with van der Waals surface area (Å²) in [5.41, 5.74) is 1.36. The van der Waals surface area contributed by atoms with Gasteiger partial charge in [-0.25, -0.2) is 0 Å². The molecule has 0 N–H and O–H groups in total. The lowest BCUT2D eigenvalue weighted by molar-refractivity contribution is -0.123. The number of likely N-dealkylation sites (tertiary alicyclic amines) is 1. The van der Waals surface area contributed by atoms with Gasteiger partial charge >= 0.3 is 0 Å². The van der Waals surface area contributed by atoms with E-state index in [-0.39, 0.29) is 0 Å². The van der Waals surface area contributed by atoms with Gasteiger partial charge in [0.05, 0.1) is 6.20 Å². The summed E-state index contributed by atoms with van der Waals surface area (Å²) < 4.78 is 2.17. The number of rotatable bonds is 11. The van der Waals surface area contributed by atoms with Crippen LogP contribution in [-0.4, -0.2) is 40.1 Å². The van der Waals surface area contributed by atoms with Gasteiger partial charge in [-0.3, -0.25) is 9.48 Å². The molecule has 0 aromatic carbocycles. The van der Waals surface area contributed by atoms with Crippen LogP contribution in [0.4, 0.5) is 0 Å². The van der Waals surface area contributed by atoms with Gasteiger partial charge in [0.15, 0.2) is 0 Å². The van der Waals surface area contributed by atoms with E-state index in [4.69, 9.17) is 0 Å². The Labute approximate surface area is 198 Å². The summed E-state index contributed by atoms with van der Waals surface area (Å²) in [4.78, 5) is 14.5. The van der Waals surface area contributed by atoms with Crippen molar-refractivity contribution in [2.24, 2.45) is 17.8 Å². The third kappa shape index (κ3) is 9.00. The first-order valence-electron chi connectivity index (χ1n) is 13.8. The topological polar surface area (TPSA) is 38.1 Å². The maximum absolute atomic E-state index is 11.9. The maximum Gasteiger partial charge on any atom is 0.135 e. The fourth-order valence-corrected chi connectivity index (χ4v) is 5.44. The van der Waals surface area contributed by atoms with Crippen molar-refractivity contribution in [2.45, 2.75) is 118 Å². The van der Waals surface area contributed by atoms with Crippen LogP contribution in [0.25, 0.3) is 0 Å². The molecule has 1 aliphatic heterocycles. The average molecular weight is 446 g/mol. The largest absolute Gasteiger partial charge is 0.303 e. The predicted molar refractivity (Wildman–Crippen MR) is 136 cm³/mol. The SMILES string of the molecule is CC.CCC(=O)C1CCC(CCCCCN2CCC(Cn3cc(C(C)C)cn3)CC2)CC1. The first kappa shape index (κ1) is 27.1. The van der Waals surface area contributed by atoms with Crippen molar-refractivity contribution in [2.75, 3.05) is 19.6 Å². The average Bonchev–Trinajstić information content (AvgIpc) is 3.30. The molecule has 0 unspecified atom stereocenters. The van der Waals surface area contributed by atoms with Crippen LogP contribution in [0.15, 0.2) is 12.4 Å². The van der Waals surface area contributed by atoms with E-state index >= 15 is 0 Å². The second-order valence-electron chi connectivity index (χ2n) is 10.3. The number of piperidine rings is 1. The molecule has 4 heteroatoms. The second-order valence-corrected chi connectivity index (χ2v) is 10.3. The molecule has 3 rings (SSSR count). The van der Waals surface area contributed by atoms with E-state index in [0.29, 0.717) is 17.6 Å². The van der Waals surface area contributed by atoms with Gasteiger partial charge in [0.25, 0.3) is 0 Å². The number of carbonyl (C=O) groups excluding carboxylic acids is 1. The first-order valence-corrected chi connectivity index (χ1v) is 13.8. The maximum atomic E-state index is 11.9. The molecular formula is C28H51N3O. The van der Waals surface area contributed by atoms with Gasteiger partial charge < -0.3 is 4.90 Å². The summed E-state index contributed by atoms with van der Waals surface area (Å²) >= 11 is 0. The van der Waals surface area contributed by atoms with Gasteiger partial charge in [0.1, 0.15) is 5.78 Å². The Bertz CT molecular complexity index is 622. The Morgan fingerprint density at radius 3 is 2.28 bits per heavy atom. The monoisotopic (exact) mass is 445 g/mol. The molecule has 2 heterocycles. The van der Waals surface area contributed by atoms with Crippen LogP contribution in [0.1, 0.15) is 117 Å². The molecule has 1 aromatic rings. The Morgan fingerprint density at radius 1 is 1.00 bits per heavy atom. The summed E-state index contributed by atoms with van der Waals surface area (Å²) in [7, 11) is 0.